The number of hydrogen-bond donors (Lipinski definition) is 0. The van der Waals surface area contributed by atoms with Crippen molar-refractivity contribution in [3.63, 3.8) is 0 Å². The number of hydrogen-bond acceptors (Lipinski definition) is 5. The highest BCUT2D eigenvalue weighted by Crippen LogP contribution is 2.51. The summed E-state index contributed by atoms with van der Waals surface area (Å²) in [6.45, 7) is 0. The summed E-state index contributed by atoms with van der Waals surface area (Å²) in [6.07, 6.45) is 2.88. The van der Waals surface area contributed by atoms with Crippen molar-refractivity contribution < 1.29 is 4.42 Å². The zero-order valence-electron chi connectivity index (χ0n) is 35.0. The Morgan fingerprint density at radius 1 is 0.415 bits per heavy atom. The maximum atomic E-state index is 6.59. The second kappa shape index (κ2) is 15.6. The fraction of sp³-hybridized carbons (Fsp3) is 0.0169. The third-order valence-electron chi connectivity index (χ3n) is 12.5. The van der Waals surface area contributed by atoms with E-state index < -0.39 is 0 Å². The third kappa shape index (κ3) is 6.64. The summed E-state index contributed by atoms with van der Waals surface area (Å²) >= 11 is 3.73. The van der Waals surface area contributed by atoms with Gasteiger partial charge in [-0.05, 0) is 101 Å². The molecule has 0 aliphatic carbocycles. The number of fused-ring (bicyclic) bond motifs is 8. The molecule has 65 heavy (non-hydrogen) atoms. The highest BCUT2D eigenvalue weighted by Gasteiger charge is 2.22. The van der Waals surface area contributed by atoms with Gasteiger partial charge in [-0.15, -0.1) is 0 Å². The van der Waals surface area contributed by atoms with Crippen molar-refractivity contribution in [3.05, 3.63) is 229 Å². The first-order valence-electron chi connectivity index (χ1n) is 21.8. The number of rotatable bonds is 6. The van der Waals surface area contributed by atoms with Gasteiger partial charge in [-0.3, -0.25) is 0 Å². The zero-order chi connectivity index (χ0) is 42.8. The Bertz CT molecular complexity index is 3790. The molecule has 0 radical (unpaired) electrons. The Kier molecular flexibility index (Phi) is 9.07. The molecule has 0 unspecified atom stereocenters. The summed E-state index contributed by atoms with van der Waals surface area (Å²) in [7, 11) is 0. The van der Waals surface area contributed by atoms with Crippen molar-refractivity contribution in [3.8, 4) is 27.9 Å². The highest BCUT2D eigenvalue weighted by atomic mass is 32.2. The van der Waals surface area contributed by atoms with Crippen LogP contribution < -0.4 is 0 Å². The predicted octanol–water partition coefficient (Wildman–Crippen LogP) is 16.3. The summed E-state index contributed by atoms with van der Waals surface area (Å²) in [5, 5.41) is 4.67. The molecule has 0 bridgehead atoms. The minimum atomic E-state index is 0.668. The topological polar surface area (TPSA) is 42.8 Å². The normalized spacial score (nSPS) is 13.6. The number of benzene rings is 9. The number of allylic oxidation sites excluding steroid dienone is 1. The van der Waals surface area contributed by atoms with Crippen molar-refractivity contribution in [2.45, 2.75) is 26.0 Å². The van der Waals surface area contributed by atoms with E-state index in [1.807, 2.05) is 47.8 Å². The fourth-order valence-corrected chi connectivity index (χ4v) is 11.7. The second-order valence-corrected chi connectivity index (χ2v) is 18.6. The summed E-state index contributed by atoms with van der Waals surface area (Å²) in [5.41, 5.74) is 14.8. The van der Waals surface area contributed by atoms with Crippen LogP contribution in [-0.4, -0.2) is 16.1 Å². The first kappa shape index (κ1) is 37.9. The van der Waals surface area contributed by atoms with Gasteiger partial charge in [0, 0.05) is 64.4 Å². The van der Waals surface area contributed by atoms with E-state index in [0.29, 0.717) is 12.3 Å². The van der Waals surface area contributed by atoms with Gasteiger partial charge in [-0.2, -0.15) is 0 Å². The van der Waals surface area contributed by atoms with Crippen LogP contribution in [0.4, 0.5) is 0 Å². The number of para-hydroxylation sites is 1. The molecule has 6 heteroatoms. The molecular formula is C59H37N3OS2. The van der Waals surface area contributed by atoms with Gasteiger partial charge in [0.1, 0.15) is 11.2 Å². The van der Waals surface area contributed by atoms with Gasteiger partial charge in [0.25, 0.3) is 0 Å². The lowest BCUT2D eigenvalue weighted by atomic mass is 9.95. The van der Waals surface area contributed by atoms with E-state index in [1.54, 1.807) is 0 Å². The first-order chi connectivity index (χ1) is 32.2. The van der Waals surface area contributed by atoms with E-state index >= 15 is 0 Å². The maximum absolute atomic E-state index is 6.59. The van der Waals surface area contributed by atoms with E-state index in [2.05, 4.69) is 193 Å². The highest BCUT2D eigenvalue weighted by molar-refractivity contribution is 8.05. The standard InChI is InChI=1S/C59H37N3OS2/c1-4-14-37(15-5-1)48-28-29-49(61-59(60-48)38-16-6-2-7-17-38)42-19-12-18-41(32-42)44-22-13-23-53-58(44)47-34-40(27-31-52(47)63-53)39-26-30-50-45(33-39)46-35-56-57(65-55-25-11-10-24-54(55)64-56)36-51(46)62(50)43-20-8-3-9-21-43/h1-27,29-36H,28H2. The smallest absolute Gasteiger partial charge is 0.160 e. The maximum Gasteiger partial charge on any atom is 0.160 e. The van der Waals surface area contributed by atoms with E-state index in [4.69, 9.17) is 14.4 Å². The van der Waals surface area contributed by atoms with Gasteiger partial charge in [0.15, 0.2) is 5.84 Å². The molecule has 0 fully saturated rings. The van der Waals surface area contributed by atoms with E-state index in [0.717, 1.165) is 78.0 Å². The number of nitrogens with zero attached hydrogens (tertiary/aromatic N) is 3. The van der Waals surface area contributed by atoms with E-state index in [9.17, 15) is 0 Å². The third-order valence-corrected chi connectivity index (χ3v) is 15.1. The van der Waals surface area contributed by atoms with Crippen molar-refractivity contribution in [1.82, 2.24) is 4.57 Å². The molecule has 9 aromatic carbocycles. The van der Waals surface area contributed by atoms with Crippen LogP contribution in [0.2, 0.25) is 0 Å². The molecule has 0 saturated carbocycles. The molecule has 13 rings (SSSR count). The van der Waals surface area contributed by atoms with Gasteiger partial charge < -0.3 is 8.98 Å². The van der Waals surface area contributed by atoms with Crippen LogP contribution in [0.25, 0.3) is 77.4 Å². The molecule has 11 aromatic rings. The van der Waals surface area contributed by atoms with Crippen LogP contribution in [0.3, 0.4) is 0 Å². The molecule has 0 atom stereocenters. The molecule has 0 saturated heterocycles. The number of furan rings is 1. The van der Waals surface area contributed by atoms with Gasteiger partial charge in [0.05, 0.1) is 22.4 Å². The average Bonchev–Trinajstić information content (AvgIpc) is 3.80. The average molecular weight is 868 g/mol. The lowest BCUT2D eigenvalue weighted by molar-refractivity contribution is 0.669. The van der Waals surface area contributed by atoms with Crippen LogP contribution in [0.5, 0.6) is 0 Å². The number of amidine groups is 1. The summed E-state index contributed by atoms with van der Waals surface area (Å²) in [4.78, 5) is 15.6. The zero-order valence-corrected chi connectivity index (χ0v) is 36.6. The van der Waals surface area contributed by atoms with Crippen LogP contribution in [0.15, 0.2) is 246 Å². The lowest BCUT2D eigenvalue weighted by Crippen LogP contribution is -2.04. The molecule has 2 aliphatic heterocycles. The van der Waals surface area contributed by atoms with Gasteiger partial charge >= 0.3 is 0 Å². The monoisotopic (exact) mass is 867 g/mol. The molecule has 0 amide bonds. The molecule has 0 N–H and O–H groups in total. The Labute approximate surface area is 384 Å². The second-order valence-electron chi connectivity index (χ2n) is 16.5. The van der Waals surface area contributed by atoms with Crippen LogP contribution in [-0.2, 0) is 0 Å². The molecule has 306 valence electrons. The Balaban J connectivity index is 0.919. The van der Waals surface area contributed by atoms with E-state index in [1.165, 1.54) is 41.4 Å². The van der Waals surface area contributed by atoms with E-state index in [-0.39, 0.29) is 0 Å². The van der Waals surface area contributed by atoms with Crippen molar-refractivity contribution in [2.24, 2.45) is 9.98 Å². The number of aliphatic imine (C=N–C) groups is 2. The quantitative estimate of drug-likeness (QED) is 0.167. The van der Waals surface area contributed by atoms with Crippen molar-refractivity contribution in [1.29, 1.82) is 0 Å². The predicted molar refractivity (Wildman–Crippen MR) is 272 cm³/mol. The fourth-order valence-electron chi connectivity index (χ4n) is 9.43. The molecule has 4 heterocycles. The Hall–Kier alpha value is -7.64. The van der Waals surface area contributed by atoms with Gasteiger partial charge in [-0.1, -0.05) is 163 Å². The molecule has 0 spiro atoms. The van der Waals surface area contributed by atoms with Crippen molar-refractivity contribution in [2.75, 3.05) is 0 Å². The molecule has 2 aliphatic rings. The largest absolute Gasteiger partial charge is 0.456 e. The molecule has 2 aromatic heterocycles. The summed E-state index contributed by atoms with van der Waals surface area (Å²) in [6, 6.07) is 73.6. The van der Waals surface area contributed by atoms with Crippen molar-refractivity contribution >= 4 is 84.5 Å². The Morgan fingerprint density at radius 3 is 1.83 bits per heavy atom. The SMILES string of the molecule is C1=C(c2cccc(-c3cccc4oc5ccc(-c6ccc7c(c6)c6cc8c(cc6n7-c6ccccc6)Sc6ccccc6S8)cc5c34)c2)N=C(c2ccccc2)N=C(c2ccccc2)C1. The van der Waals surface area contributed by atoms with Gasteiger partial charge in [-0.25, -0.2) is 9.98 Å². The Morgan fingerprint density at radius 2 is 1.05 bits per heavy atom. The number of aromatic nitrogens is 1. The summed E-state index contributed by atoms with van der Waals surface area (Å²) in [5.74, 6) is 0.708. The van der Waals surface area contributed by atoms with Crippen LogP contribution in [0, 0.1) is 0 Å². The minimum Gasteiger partial charge on any atom is -0.456 e. The van der Waals surface area contributed by atoms with Gasteiger partial charge in [0.2, 0.25) is 0 Å². The molecular weight excluding hydrogens is 831 g/mol. The first-order valence-corrected chi connectivity index (χ1v) is 23.5. The van der Waals surface area contributed by atoms with Crippen LogP contribution >= 0.6 is 23.5 Å². The lowest BCUT2D eigenvalue weighted by Gasteiger charge is -2.18. The molecule has 4 nitrogen and oxygen atoms in total. The van der Waals surface area contributed by atoms with Crippen LogP contribution in [0.1, 0.15) is 23.1 Å². The summed E-state index contributed by atoms with van der Waals surface area (Å²) < 4.78 is 9.01. The minimum absolute atomic E-state index is 0.668.